The average molecular weight is 288 g/mol. The number of likely N-dealkylation sites (tertiary alicyclic amines) is 1. The molecule has 1 aliphatic rings. The third-order valence-electron chi connectivity index (χ3n) is 4.58. The SMILES string of the molecule is CCC1(C(=O)N(C)Cc2ccccc2)CCN(C)C(=O)C1. The van der Waals surface area contributed by atoms with Crippen molar-refractivity contribution in [2.75, 3.05) is 20.6 Å². The van der Waals surface area contributed by atoms with E-state index in [-0.39, 0.29) is 11.8 Å². The Balaban J connectivity index is 2.11. The molecule has 0 saturated carbocycles. The summed E-state index contributed by atoms with van der Waals surface area (Å²) >= 11 is 0. The third-order valence-corrected chi connectivity index (χ3v) is 4.58. The van der Waals surface area contributed by atoms with Crippen LogP contribution in [0, 0.1) is 5.41 Å². The van der Waals surface area contributed by atoms with Gasteiger partial charge in [-0.25, -0.2) is 0 Å². The lowest BCUT2D eigenvalue weighted by Crippen LogP contribution is -2.50. The van der Waals surface area contributed by atoms with Crippen molar-refractivity contribution >= 4 is 11.8 Å². The highest BCUT2D eigenvalue weighted by Crippen LogP contribution is 2.37. The van der Waals surface area contributed by atoms with Crippen molar-refractivity contribution in [2.24, 2.45) is 5.41 Å². The maximum atomic E-state index is 12.9. The van der Waals surface area contributed by atoms with E-state index in [1.54, 1.807) is 16.8 Å². The fourth-order valence-corrected chi connectivity index (χ4v) is 2.99. The minimum absolute atomic E-state index is 0.0737. The first-order valence-electron chi connectivity index (χ1n) is 7.52. The van der Waals surface area contributed by atoms with Crippen molar-refractivity contribution < 1.29 is 9.59 Å². The molecule has 2 amide bonds. The molecule has 1 saturated heterocycles. The average Bonchev–Trinajstić information content (AvgIpc) is 2.50. The number of benzene rings is 1. The standard InChI is InChI=1S/C17H24N2O2/c1-4-17(10-11-18(2)15(20)12-17)16(21)19(3)13-14-8-6-5-7-9-14/h5-9H,4,10-13H2,1-3H3. The molecule has 1 aliphatic heterocycles. The van der Waals surface area contributed by atoms with Gasteiger partial charge < -0.3 is 9.80 Å². The molecule has 0 bridgehead atoms. The summed E-state index contributed by atoms with van der Waals surface area (Å²) in [6, 6.07) is 9.95. The number of hydrogen-bond donors (Lipinski definition) is 0. The first-order valence-corrected chi connectivity index (χ1v) is 7.52. The van der Waals surface area contributed by atoms with E-state index < -0.39 is 5.41 Å². The van der Waals surface area contributed by atoms with Gasteiger partial charge in [-0.05, 0) is 18.4 Å². The Morgan fingerprint density at radius 3 is 2.57 bits per heavy atom. The van der Waals surface area contributed by atoms with Crippen LogP contribution in [-0.4, -0.2) is 42.3 Å². The first-order chi connectivity index (χ1) is 9.98. The minimum atomic E-state index is -0.521. The van der Waals surface area contributed by atoms with Crippen molar-refractivity contribution in [3.8, 4) is 0 Å². The highest BCUT2D eigenvalue weighted by Gasteiger charge is 2.44. The molecular weight excluding hydrogens is 264 g/mol. The fourth-order valence-electron chi connectivity index (χ4n) is 2.99. The molecular formula is C17H24N2O2. The molecule has 0 N–H and O–H groups in total. The highest BCUT2D eigenvalue weighted by molar-refractivity contribution is 5.90. The molecule has 1 atom stereocenters. The molecule has 4 heteroatoms. The van der Waals surface area contributed by atoms with Gasteiger partial charge >= 0.3 is 0 Å². The Kier molecular flexibility index (Phi) is 4.66. The largest absolute Gasteiger partial charge is 0.346 e. The van der Waals surface area contributed by atoms with Crippen molar-refractivity contribution in [3.63, 3.8) is 0 Å². The number of carbonyl (C=O) groups excluding carboxylic acids is 2. The normalized spacial score (nSPS) is 22.2. The van der Waals surface area contributed by atoms with Gasteiger partial charge in [0, 0.05) is 33.6 Å². The smallest absolute Gasteiger partial charge is 0.229 e. The van der Waals surface area contributed by atoms with Gasteiger partial charge in [0.1, 0.15) is 0 Å². The Bertz CT molecular complexity index is 515. The summed E-state index contributed by atoms with van der Waals surface area (Å²) in [4.78, 5) is 28.4. The van der Waals surface area contributed by atoms with Gasteiger partial charge in [0.25, 0.3) is 0 Å². The van der Waals surface area contributed by atoms with E-state index in [1.165, 1.54) is 0 Å². The molecule has 2 rings (SSSR count). The van der Waals surface area contributed by atoms with Gasteiger partial charge in [0.05, 0.1) is 5.41 Å². The first kappa shape index (κ1) is 15.5. The fraction of sp³-hybridized carbons (Fsp3) is 0.529. The van der Waals surface area contributed by atoms with E-state index in [2.05, 4.69) is 0 Å². The van der Waals surface area contributed by atoms with Crippen LogP contribution in [-0.2, 0) is 16.1 Å². The monoisotopic (exact) mass is 288 g/mol. The predicted octanol–water partition coefficient (Wildman–Crippen LogP) is 2.29. The van der Waals surface area contributed by atoms with Crippen molar-refractivity contribution in [1.29, 1.82) is 0 Å². The highest BCUT2D eigenvalue weighted by atomic mass is 16.2. The quantitative estimate of drug-likeness (QED) is 0.853. The van der Waals surface area contributed by atoms with E-state index in [9.17, 15) is 9.59 Å². The Morgan fingerprint density at radius 2 is 2.00 bits per heavy atom. The summed E-state index contributed by atoms with van der Waals surface area (Å²) in [6.45, 7) is 3.26. The van der Waals surface area contributed by atoms with Crippen LogP contribution in [0.1, 0.15) is 31.7 Å². The van der Waals surface area contributed by atoms with Gasteiger partial charge in [-0.1, -0.05) is 37.3 Å². The molecule has 0 aliphatic carbocycles. The summed E-state index contributed by atoms with van der Waals surface area (Å²) < 4.78 is 0. The van der Waals surface area contributed by atoms with E-state index in [0.29, 0.717) is 25.9 Å². The van der Waals surface area contributed by atoms with Gasteiger partial charge in [0.15, 0.2) is 0 Å². The van der Waals surface area contributed by atoms with E-state index in [4.69, 9.17) is 0 Å². The van der Waals surface area contributed by atoms with Gasteiger partial charge in [-0.2, -0.15) is 0 Å². The topological polar surface area (TPSA) is 40.6 Å². The second kappa shape index (κ2) is 6.29. The Hall–Kier alpha value is -1.84. The molecule has 21 heavy (non-hydrogen) atoms. The zero-order valence-corrected chi connectivity index (χ0v) is 13.1. The lowest BCUT2D eigenvalue weighted by atomic mass is 9.74. The lowest BCUT2D eigenvalue weighted by Gasteiger charge is -2.40. The molecule has 0 radical (unpaired) electrons. The zero-order chi connectivity index (χ0) is 15.5. The number of rotatable bonds is 4. The molecule has 1 fully saturated rings. The van der Waals surface area contributed by atoms with Crippen LogP contribution in [0.2, 0.25) is 0 Å². The molecule has 1 heterocycles. The molecule has 1 aromatic carbocycles. The van der Waals surface area contributed by atoms with Crippen molar-refractivity contribution in [1.82, 2.24) is 9.80 Å². The Morgan fingerprint density at radius 1 is 1.33 bits per heavy atom. The van der Waals surface area contributed by atoms with Crippen LogP contribution < -0.4 is 0 Å². The van der Waals surface area contributed by atoms with E-state index in [0.717, 1.165) is 12.0 Å². The second-order valence-corrected chi connectivity index (χ2v) is 6.02. The summed E-state index contributed by atoms with van der Waals surface area (Å²) in [5.74, 6) is 0.167. The van der Waals surface area contributed by atoms with E-state index in [1.807, 2.05) is 44.3 Å². The van der Waals surface area contributed by atoms with Gasteiger partial charge in [0.2, 0.25) is 11.8 Å². The van der Waals surface area contributed by atoms with Gasteiger partial charge in [-0.15, -0.1) is 0 Å². The second-order valence-electron chi connectivity index (χ2n) is 6.02. The van der Waals surface area contributed by atoms with Gasteiger partial charge in [-0.3, -0.25) is 9.59 Å². The predicted molar refractivity (Wildman–Crippen MR) is 82.5 cm³/mol. The molecule has 0 spiro atoms. The lowest BCUT2D eigenvalue weighted by molar-refractivity contribution is -0.152. The maximum Gasteiger partial charge on any atom is 0.229 e. The number of carbonyl (C=O) groups is 2. The van der Waals surface area contributed by atoms with Crippen LogP contribution in [0.3, 0.4) is 0 Å². The summed E-state index contributed by atoms with van der Waals surface area (Å²) in [5, 5.41) is 0. The van der Waals surface area contributed by atoms with Crippen LogP contribution in [0.5, 0.6) is 0 Å². The third kappa shape index (κ3) is 3.26. The maximum absolute atomic E-state index is 12.9. The molecule has 114 valence electrons. The molecule has 1 aromatic rings. The summed E-state index contributed by atoms with van der Waals surface area (Å²) in [6.07, 6.45) is 1.80. The number of amides is 2. The number of piperidine rings is 1. The molecule has 1 unspecified atom stereocenters. The van der Waals surface area contributed by atoms with Crippen molar-refractivity contribution in [3.05, 3.63) is 35.9 Å². The van der Waals surface area contributed by atoms with E-state index >= 15 is 0 Å². The number of hydrogen-bond acceptors (Lipinski definition) is 2. The van der Waals surface area contributed by atoms with Crippen LogP contribution in [0.15, 0.2) is 30.3 Å². The summed E-state index contributed by atoms with van der Waals surface area (Å²) in [5.41, 5.74) is 0.589. The molecule has 0 aromatic heterocycles. The van der Waals surface area contributed by atoms with Crippen molar-refractivity contribution in [2.45, 2.75) is 32.7 Å². The van der Waals surface area contributed by atoms with Crippen LogP contribution in [0.25, 0.3) is 0 Å². The Labute approximate surface area is 126 Å². The minimum Gasteiger partial charge on any atom is -0.346 e. The number of nitrogens with zero attached hydrogens (tertiary/aromatic N) is 2. The molecule has 4 nitrogen and oxygen atoms in total. The van der Waals surface area contributed by atoms with Crippen LogP contribution >= 0.6 is 0 Å². The van der Waals surface area contributed by atoms with Crippen LogP contribution in [0.4, 0.5) is 0 Å². The zero-order valence-electron chi connectivity index (χ0n) is 13.1. The summed E-state index contributed by atoms with van der Waals surface area (Å²) in [7, 11) is 3.63.